The van der Waals surface area contributed by atoms with Gasteiger partial charge in [0.05, 0.1) is 5.69 Å². The van der Waals surface area contributed by atoms with Crippen molar-refractivity contribution in [2.45, 2.75) is 32.9 Å². The highest BCUT2D eigenvalue weighted by Gasteiger charge is 2.21. The van der Waals surface area contributed by atoms with Crippen LogP contribution in [0.4, 0.5) is 5.82 Å². The molecular formula is C22H23Cl2N5O. The zero-order valence-corrected chi connectivity index (χ0v) is 18.3. The number of carbonyl (C=O) groups excluding carboxylic acids is 1. The molecule has 2 N–H and O–H groups in total. The fourth-order valence-corrected chi connectivity index (χ4v) is 3.26. The van der Waals surface area contributed by atoms with Crippen molar-refractivity contribution in [2.24, 2.45) is 5.92 Å². The summed E-state index contributed by atoms with van der Waals surface area (Å²) in [6.07, 6.45) is 4.03. The Kier molecular flexibility index (Phi) is 7.60. The Bertz CT molecular complexity index is 981. The third-order valence-electron chi connectivity index (χ3n) is 4.38. The topological polar surface area (TPSA) is 79.8 Å². The molecule has 30 heavy (non-hydrogen) atoms. The molecule has 2 aromatic heterocycles. The normalized spacial score (nSPS) is 11.9. The average Bonchev–Trinajstić information content (AvgIpc) is 2.72. The van der Waals surface area contributed by atoms with E-state index in [1.807, 2.05) is 24.3 Å². The Hall–Kier alpha value is -2.70. The van der Waals surface area contributed by atoms with Crippen molar-refractivity contribution in [1.29, 1.82) is 0 Å². The van der Waals surface area contributed by atoms with E-state index in [1.54, 1.807) is 30.6 Å². The van der Waals surface area contributed by atoms with E-state index < -0.39 is 6.04 Å². The zero-order valence-electron chi connectivity index (χ0n) is 16.8. The Balaban J connectivity index is 1.74. The van der Waals surface area contributed by atoms with Crippen molar-refractivity contribution in [3.8, 4) is 11.3 Å². The summed E-state index contributed by atoms with van der Waals surface area (Å²) in [5.74, 6) is 0.677. The monoisotopic (exact) mass is 443 g/mol. The van der Waals surface area contributed by atoms with Crippen molar-refractivity contribution >= 4 is 34.9 Å². The molecule has 156 valence electrons. The third-order valence-corrected chi connectivity index (χ3v) is 4.80. The molecule has 2 heterocycles. The summed E-state index contributed by atoms with van der Waals surface area (Å²) < 4.78 is 0. The standard InChI is InChI=1S/C22H23Cl2N5O/c1-14(2)10-19(21(30)26-12-15-5-7-17(23)8-6-15)27-20-11-18(28-22(24)29-20)16-4-3-9-25-13-16/h3-9,11,13-14,19H,10,12H2,1-2H3,(H,26,30)(H,27,28,29). The second-order valence-electron chi connectivity index (χ2n) is 7.32. The summed E-state index contributed by atoms with van der Waals surface area (Å²) in [5, 5.41) is 6.95. The number of benzene rings is 1. The fraction of sp³-hybridized carbons (Fsp3) is 0.273. The van der Waals surface area contributed by atoms with Crippen LogP contribution in [0.5, 0.6) is 0 Å². The maximum absolute atomic E-state index is 12.9. The molecule has 0 fully saturated rings. The molecule has 1 aromatic carbocycles. The summed E-state index contributed by atoms with van der Waals surface area (Å²) >= 11 is 12.0. The second-order valence-corrected chi connectivity index (χ2v) is 8.09. The Morgan fingerprint density at radius 2 is 1.87 bits per heavy atom. The smallest absolute Gasteiger partial charge is 0.242 e. The molecule has 0 aliphatic rings. The number of rotatable bonds is 8. The first-order chi connectivity index (χ1) is 14.4. The minimum absolute atomic E-state index is 0.101. The van der Waals surface area contributed by atoms with Crippen LogP contribution >= 0.6 is 23.2 Å². The molecule has 1 unspecified atom stereocenters. The van der Waals surface area contributed by atoms with Crippen LogP contribution < -0.4 is 10.6 Å². The quantitative estimate of drug-likeness (QED) is 0.479. The number of halogens is 2. The van der Waals surface area contributed by atoms with Gasteiger partial charge in [-0.15, -0.1) is 0 Å². The van der Waals surface area contributed by atoms with Crippen LogP contribution in [-0.2, 0) is 11.3 Å². The predicted octanol–water partition coefficient (Wildman–Crippen LogP) is 4.99. The molecule has 3 rings (SSSR count). The van der Waals surface area contributed by atoms with Crippen molar-refractivity contribution < 1.29 is 4.79 Å². The third kappa shape index (κ3) is 6.40. The molecule has 8 heteroatoms. The molecule has 0 saturated heterocycles. The number of carbonyl (C=O) groups is 1. The van der Waals surface area contributed by atoms with E-state index in [2.05, 4.69) is 39.4 Å². The van der Waals surface area contributed by atoms with Crippen LogP contribution in [0.2, 0.25) is 10.3 Å². The maximum atomic E-state index is 12.9. The van der Waals surface area contributed by atoms with Crippen molar-refractivity contribution in [3.05, 3.63) is 70.7 Å². The highest BCUT2D eigenvalue weighted by molar-refractivity contribution is 6.30. The Morgan fingerprint density at radius 1 is 1.10 bits per heavy atom. The van der Waals surface area contributed by atoms with Gasteiger partial charge in [0.15, 0.2) is 0 Å². The van der Waals surface area contributed by atoms with Gasteiger partial charge < -0.3 is 10.6 Å². The number of amides is 1. The van der Waals surface area contributed by atoms with E-state index >= 15 is 0 Å². The number of nitrogens with zero attached hydrogens (tertiary/aromatic N) is 3. The lowest BCUT2D eigenvalue weighted by Gasteiger charge is -2.21. The van der Waals surface area contributed by atoms with Crippen molar-refractivity contribution in [1.82, 2.24) is 20.3 Å². The first-order valence-corrected chi connectivity index (χ1v) is 10.4. The Morgan fingerprint density at radius 3 is 2.53 bits per heavy atom. The van der Waals surface area contributed by atoms with E-state index in [9.17, 15) is 4.79 Å². The Labute approximate surface area is 186 Å². The number of pyridine rings is 1. The van der Waals surface area contributed by atoms with Crippen molar-refractivity contribution in [2.75, 3.05) is 5.32 Å². The minimum atomic E-state index is -0.468. The number of hydrogen-bond donors (Lipinski definition) is 2. The van der Waals surface area contributed by atoms with Gasteiger partial charge >= 0.3 is 0 Å². The van der Waals surface area contributed by atoms with Crippen LogP contribution in [0.3, 0.4) is 0 Å². The number of aromatic nitrogens is 3. The summed E-state index contributed by atoms with van der Waals surface area (Å²) in [7, 11) is 0. The summed E-state index contributed by atoms with van der Waals surface area (Å²) in [5.41, 5.74) is 2.42. The molecule has 6 nitrogen and oxygen atoms in total. The van der Waals surface area contributed by atoms with Gasteiger partial charge in [0.25, 0.3) is 0 Å². The van der Waals surface area contributed by atoms with Gasteiger partial charge in [-0.1, -0.05) is 37.6 Å². The average molecular weight is 444 g/mol. The first kappa shape index (κ1) is 22.0. The lowest BCUT2D eigenvalue weighted by atomic mass is 10.0. The molecule has 0 spiro atoms. The molecule has 1 atom stereocenters. The fourth-order valence-electron chi connectivity index (χ4n) is 2.95. The highest BCUT2D eigenvalue weighted by Crippen LogP contribution is 2.22. The van der Waals surface area contributed by atoms with Gasteiger partial charge in [0, 0.05) is 35.6 Å². The molecule has 0 radical (unpaired) electrons. The van der Waals surface area contributed by atoms with E-state index in [0.717, 1.165) is 11.1 Å². The molecule has 0 aliphatic heterocycles. The largest absolute Gasteiger partial charge is 0.358 e. The van der Waals surface area contributed by atoms with Gasteiger partial charge in [-0.05, 0) is 53.8 Å². The van der Waals surface area contributed by atoms with Crippen LogP contribution in [0.25, 0.3) is 11.3 Å². The minimum Gasteiger partial charge on any atom is -0.358 e. The summed E-state index contributed by atoms with van der Waals surface area (Å²) in [6.45, 7) is 4.54. The summed E-state index contributed by atoms with van der Waals surface area (Å²) in [6, 6.07) is 12.4. The highest BCUT2D eigenvalue weighted by atomic mass is 35.5. The summed E-state index contributed by atoms with van der Waals surface area (Å²) in [4.78, 5) is 25.5. The second kappa shape index (κ2) is 10.4. The number of nitrogens with one attached hydrogen (secondary N) is 2. The maximum Gasteiger partial charge on any atom is 0.242 e. The van der Waals surface area contributed by atoms with Gasteiger partial charge in [-0.3, -0.25) is 9.78 Å². The lowest BCUT2D eigenvalue weighted by Crippen LogP contribution is -2.40. The van der Waals surface area contributed by atoms with Gasteiger partial charge in [0.2, 0.25) is 11.2 Å². The molecule has 0 saturated carbocycles. The molecule has 1 amide bonds. The van der Waals surface area contributed by atoms with E-state index in [1.165, 1.54) is 0 Å². The molecule has 3 aromatic rings. The SMILES string of the molecule is CC(C)CC(Nc1cc(-c2cccnc2)nc(Cl)n1)C(=O)NCc1ccc(Cl)cc1. The zero-order chi connectivity index (χ0) is 21.5. The van der Waals surface area contributed by atoms with Gasteiger partial charge in [-0.25, -0.2) is 9.97 Å². The predicted molar refractivity (Wildman–Crippen MR) is 120 cm³/mol. The van der Waals surface area contributed by atoms with E-state index in [4.69, 9.17) is 23.2 Å². The number of hydrogen-bond acceptors (Lipinski definition) is 5. The first-order valence-electron chi connectivity index (χ1n) is 9.64. The molecular weight excluding hydrogens is 421 g/mol. The van der Waals surface area contributed by atoms with Gasteiger partial charge in [-0.2, -0.15) is 0 Å². The van der Waals surface area contributed by atoms with Crippen LogP contribution in [0, 0.1) is 5.92 Å². The molecule has 0 aliphatic carbocycles. The van der Waals surface area contributed by atoms with Crippen LogP contribution in [0.15, 0.2) is 54.9 Å². The van der Waals surface area contributed by atoms with Gasteiger partial charge in [0.1, 0.15) is 11.9 Å². The number of anilines is 1. The van der Waals surface area contributed by atoms with Crippen molar-refractivity contribution in [3.63, 3.8) is 0 Å². The molecule has 0 bridgehead atoms. The van der Waals surface area contributed by atoms with E-state index in [0.29, 0.717) is 35.4 Å². The van der Waals surface area contributed by atoms with Crippen LogP contribution in [0.1, 0.15) is 25.8 Å². The van der Waals surface area contributed by atoms with Crippen LogP contribution in [-0.4, -0.2) is 26.9 Å². The van der Waals surface area contributed by atoms with E-state index in [-0.39, 0.29) is 11.2 Å². The lowest BCUT2D eigenvalue weighted by molar-refractivity contribution is -0.122.